The number of carbonyl (C=O) groups is 1. The largest absolute Gasteiger partial charge is 0.396 e. The zero-order valence-electron chi connectivity index (χ0n) is 13.1. The topological polar surface area (TPSA) is 61.8 Å². The standard InChI is InChI=1S/C16H22ClFN2O3/c1-11(3-2-7-21)19-16(22)20-6-8-23-15(10-20)12-4-5-14(18)13(17)9-12/h4-5,9,11,15,21H,2-3,6-8,10H2,1H3,(H,19,22). The van der Waals surface area contributed by atoms with Crippen molar-refractivity contribution in [2.24, 2.45) is 0 Å². The van der Waals surface area contributed by atoms with Crippen LogP contribution in [-0.4, -0.2) is 48.4 Å². The highest BCUT2D eigenvalue weighted by molar-refractivity contribution is 6.30. The Morgan fingerprint density at radius 2 is 2.39 bits per heavy atom. The fourth-order valence-corrected chi connectivity index (χ4v) is 2.71. The van der Waals surface area contributed by atoms with E-state index in [1.807, 2.05) is 6.92 Å². The van der Waals surface area contributed by atoms with Gasteiger partial charge in [0, 0.05) is 19.2 Å². The number of aliphatic hydroxyl groups excluding tert-OH is 1. The van der Waals surface area contributed by atoms with E-state index in [0.717, 1.165) is 12.0 Å². The molecule has 23 heavy (non-hydrogen) atoms. The van der Waals surface area contributed by atoms with Gasteiger partial charge in [0.1, 0.15) is 11.9 Å². The van der Waals surface area contributed by atoms with Gasteiger partial charge >= 0.3 is 6.03 Å². The van der Waals surface area contributed by atoms with Gasteiger partial charge in [0.25, 0.3) is 0 Å². The number of benzene rings is 1. The average Bonchev–Trinajstić information content (AvgIpc) is 2.55. The van der Waals surface area contributed by atoms with Crippen LogP contribution in [0.3, 0.4) is 0 Å². The summed E-state index contributed by atoms with van der Waals surface area (Å²) in [6.07, 6.45) is 1.06. The third-order valence-electron chi connectivity index (χ3n) is 3.83. The van der Waals surface area contributed by atoms with E-state index in [0.29, 0.717) is 26.1 Å². The number of hydrogen-bond donors (Lipinski definition) is 2. The third kappa shape index (κ3) is 5.06. The fraction of sp³-hybridized carbons (Fsp3) is 0.562. The highest BCUT2D eigenvalue weighted by Gasteiger charge is 2.26. The van der Waals surface area contributed by atoms with Crippen molar-refractivity contribution in [3.8, 4) is 0 Å². The summed E-state index contributed by atoms with van der Waals surface area (Å²) in [6, 6.07) is 4.30. The summed E-state index contributed by atoms with van der Waals surface area (Å²) in [4.78, 5) is 14.0. The Morgan fingerprint density at radius 1 is 1.61 bits per heavy atom. The maximum atomic E-state index is 13.3. The summed E-state index contributed by atoms with van der Waals surface area (Å²) in [5, 5.41) is 11.8. The quantitative estimate of drug-likeness (QED) is 0.863. The van der Waals surface area contributed by atoms with E-state index in [1.165, 1.54) is 12.1 Å². The minimum Gasteiger partial charge on any atom is -0.396 e. The zero-order chi connectivity index (χ0) is 16.8. The van der Waals surface area contributed by atoms with Crippen LogP contribution in [0.25, 0.3) is 0 Å². The van der Waals surface area contributed by atoms with Gasteiger partial charge in [-0.15, -0.1) is 0 Å². The molecular weight excluding hydrogens is 323 g/mol. The van der Waals surface area contributed by atoms with E-state index in [-0.39, 0.29) is 29.8 Å². The van der Waals surface area contributed by atoms with Crippen molar-refractivity contribution < 1.29 is 19.0 Å². The van der Waals surface area contributed by atoms with E-state index in [2.05, 4.69) is 5.32 Å². The molecule has 2 amide bonds. The van der Waals surface area contributed by atoms with Gasteiger partial charge in [0.15, 0.2) is 0 Å². The zero-order valence-corrected chi connectivity index (χ0v) is 13.9. The number of aliphatic hydroxyl groups is 1. The van der Waals surface area contributed by atoms with Crippen LogP contribution in [0.5, 0.6) is 0 Å². The third-order valence-corrected chi connectivity index (χ3v) is 4.12. The molecular formula is C16H22ClFN2O3. The van der Waals surface area contributed by atoms with Crippen molar-refractivity contribution in [1.29, 1.82) is 0 Å². The molecule has 7 heteroatoms. The Morgan fingerprint density at radius 3 is 3.09 bits per heavy atom. The predicted octanol–water partition coefficient (Wildman–Crippen LogP) is 2.72. The molecule has 0 saturated carbocycles. The Bertz CT molecular complexity index is 544. The van der Waals surface area contributed by atoms with Gasteiger partial charge in [-0.3, -0.25) is 0 Å². The lowest BCUT2D eigenvalue weighted by atomic mass is 10.1. The Hall–Kier alpha value is -1.37. The average molecular weight is 345 g/mol. The summed E-state index contributed by atoms with van der Waals surface area (Å²) in [7, 11) is 0. The lowest BCUT2D eigenvalue weighted by Crippen LogP contribution is -2.49. The number of morpholine rings is 1. The number of rotatable bonds is 5. The lowest BCUT2D eigenvalue weighted by molar-refractivity contribution is -0.0158. The number of nitrogens with one attached hydrogen (secondary N) is 1. The van der Waals surface area contributed by atoms with Gasteiger partial charge in [0.05, 0.1) is 18.2 Å². The van der Waals surface area contributed by atoms with E-state index >= 15 is 0 Å². The summed E-state index contributed by atoms with van der Waals surface area (Å²) >= 11 is 5.81. The van der Waals surface area contributed by atoms with Crippen LogP contribution < -0.4 is 5.32 Å². The molecule has 1 heterocycles. The summed E-state index contributed by atoms with van der Waals surface area (Å²) < 4.78 is 18.9. The molecule has 0 bridgehead atoms. The molecule has 5 nitrogen and oxygen atoms in total. The molecule has 2 N–H and O–H groups in total. The molecule has 2 rings (SSSR count). The molecule has 128 valence electrons. The maximum absolute atomic E-state index is 13.3. The molecule has 1 aliphatic heterocycles. The van der Waals surface area contributed by atoms with Gasteiger partial charge < -0.3 is 20.1 Å². The monoisotopic (exact) mass is 344 g/mol. The van der Waals surface area contributed by atoms with Crippen molar-refractivity contribution in [3.05, 3.63) is 34.6 Å². The first-order valence-corrected chi connectivity index (χ1v) is 8.12. The van der Waals surface area contributed by atoms with Gasteiger partial charge in [-0.25, -0.2) is 9.18 Å². The van der Waals surface area contributed by atoms with Crippen LogP contribution in [0.1, 0.15) is 31.4 Å². The second-order valence-electron chi connectivity index (χ2n) is 5.70. The number of halogens is 2. The van der Waals surface area contributed by atoms with E-state index < -0.39 is 5.82 Å². The highest BCUT2D eigenvalue weighted by atomic mass is 35.5. The second kappa shape index (κ2) is 8.47. The summed E-state index contributed by atoms with van der Waals surface area (Å²) in [6.45, 7) is 3.33. The molecule has 1 aliphatic rings. The number of amides is 2. The maximum Gasteiger partial charge on any atom is 0.317 e. The van der Waals surface area contributed by atoms with Gasteiger partial charge in [-0.1, -0.05) is 17.7 Å². The van der Waals surface area contributed by atoms with E-state index in [1.54, 1.807) is 11.0 Å². The van der Waals surface area contributed by atoms with Crippen LogP contribution in [-0.2, 0) is 4.74 Å². The van der Waals surface area contributed by atoms with Crippen LogP contribution >= 0.6 is 11.6 Å². The van der Waals surface area contributed by atoms with Crippen LogP contribution in [0, 0.1) is 5.82 Å². The second-order valence-corrected chi connectivity index (χ2v) is 6.10. The summed E-state index contributed by atoms with van der Waals surface area (Å²) in [5.74, 6) is -0.474. The molecule has 0 aliphatic carbocycles. The molecule has 2 unspecified atom stereocenters. The van der Waals surface area contributed by atoms with E-state index in [4.69, 9.17) is 21.4 Å². The minimum atomic E-state index is -0.474. The molecule has 1 fully saturated rings. The van der Waals surface area contributed by atoms with Crippen molar-refractivity contribution in [3.63, 3.8) is 0 Å². The van der Waals surface area contributed by atoms with Crippen LogP contribution in [0.2, 0.25) is 5.02 Å². The fourth-order valence-electron chi connectivity index (χ4n) is 2.52. The van der Waals surface area contributed by atoms with Crippen LogP contribution in [0.4, 0.5) is 9.18 Å². The Balaban J connectivity index is 1.94. The number of nitrogens with zero attached hydrogens (tertiary/aromatic N) is 1. The number of carbonyl (C=O) groups excluding carboxylic acids is 1. The van der Waals surface area contributed by atoms with Crippen molar-refractivity contribution in [2.75, 3.05) is 26.3 Å². The molecule has 0 spiro atoms. The highest BCUT2D eigenvalue weighted by Crippen LogP contribution is 2.26. The SMILES string of the molecule is CC(CCCO)NC(=O)N1CCOC(c2ccc(F)c(Cl)c2)C1. The van der Waals surface area contributed by atoms with Gasteiger partial charge in [-0.2, -0.15) is 0 Å². The van der Waals surface area contributed by atoms with Crippen molar-refractivity contribution in [2.45, 2.75) is 31.9 Å². The Labute approximate surface area is 140 Å². The number of urea groups is 1. The van der Waals surface area contributed by atoms with Crippen molar-refractivity contribution in [1.82, 2.24) is 10.2 Å². The van der Waals surface area contributed by atoms with Crippen molar-refractivity contribution >= 4 is 17.6 Å². The predicted molar refractivity (Wildman–Crippen MR) is 86.0 cm³/mol. The first kappa shape index (κ1) is 18.0. The Kier molecular flexibility index (Phi) is 6.62. The molecule has 2 atom stereocenters. The van der Waals surface area contributed by atoms with Crippen LogP contribution in [0.15, 0.2) is 18.2 Å². The smallest absolute Gasteiger partial charge is 0.317 e. The molecule has 1 aromatic carbocycles. The summed E-state index contributed by atoms with van der Waals surface area (Å²) in [5.41, 5.74) is 0.752. The number of ether oxygens (including phenoxy) is 1. The molecule has 0 radical (unpaired) electrons. The molecule has 0 aromatic heterocycles. The minimum absolute atomic E-state index is 0.00351. The molecule has 1 saturated heterocycles. The van der Waals surface area contributed by atoms with E-state index in [9.17, 15) is 9.18 Å². The first-order chi connectivity index (χ1) is 11.0. The first-order valence-electron chi connectivity index (χ1n) is 7.74. The normalized spacial score (nSPS) is 19.5. The van der Waals surface area contributed by atoms with Gasteiger partial charge in [0.2, 0.25) is 0 Å². The number of hydrogen-bond acceptors (Lipinski definition) is 3. The van der Waals surface area contributed by atoms with Gasteiger partial charge in [-0.05, 0) is 37.5 Å². The lowest BCUT2D eigenvalue weighted by Gasteiger charge is -2.34. The molecule has 1 aromatic rings.